The predicted molar refractivity (Wildman–Crippen MR) is 122 cm³/mol. The lowest BCUT2D eigenvalue weighted by molar-refractivity contribution is -0.121. The summed E-state index contributed by atoms with van der Waals surface area (Å²) in [6.45, 7) is 12.0. The fourth-order valence-electron chi connectivity index (χ4n) is 3.24. The maximum absolute atomic E-state index is 12.5. The van der Waals surface area contributed by atoms with Gasteiger partial charge in [0.25, 0.3) is 0 Å². The van der Waals surface area contributed by atoms with Crippen LogP contribution in [0.3, 0.4) is 0 Å². The first kappa shape index (κ1) is 24.4. The second-order valence-electron chi connectivity index (χ2n) is 7.01. The molecule has 6 heteroatoms. The summed E-state index contributed by atoms with van der Waals surface area (Å²) in [5, 5.41) is 3.07. The maximum Gasteiger partial charge on any atom is 0.220 e. The molecule has 1 N–H and O–H groups in total. The van der Waals surface area contributed by atoms with Crippen molar-refractivity contribution in [2.45, 2.75) is 53.5 Å². The van der Waals surface area contributed by atoms with Crippen LogP contribution in [0, 0.1) is 0 Å². The molecular weight excluding hydrogens is 394 g/mol. The molecule has 1 unspecified atom stereocenters. The number of carbonyl (C=O) groups excluding carboxylic acids is 1. The highest BCUT2D eigenvalue weighted by molar-refractivity contribution is 5.76. The summed E-state index contributed by atoms with van der Waals surface area (Å²) in [6.07, 6.45) is 1.01. The monoisotopic (exact) mass is 429 g/mol. The van der Waals surface area contributed by atoms with Gasteiger partial charge in [0, 0.05) is 6.42 Å². The van der Waals surface area contributed by atoms with E-state index in [2.05, 4.69) is 5.32 Å². The Kier molecular flexibility index (Phi) is 10.0. The molecule has 6 nitrogen and oxygen atoms in total. The van der Waals surface area contributed by atoms with Gasteiger partial charge in [-0.2, -0.15) is 0 Å². The average Bonchev–Trinajstić information content (AvgIpc) is 2.75. The van der Waals surface area contributed by atoms with Crippen molar-refractivity contribution in [1.29, 1.82) is 0 Å². The Morgan fingerprint density at radius 2 is 1.29 bits per heavy atom. The van der Waals surface area contributed by atoms with E-state index in [9.17, 15) is 4.79 Å². The van der Waals surface area contributed by atoms with Crippen molar-refractivity contribution in [2.24, 2.45) is 0 Å². The third-order valence-corrected chi connectivity index (χ3v) is 4.69. The second-order valence-corrected chi connectivity index (χ2v) is 7.01. The Morgan fingerprint density at radius 1 is 0.774 bits per heavy atom. The summed E-state index contributed by atoms with van der Waals surface area (Å²) in [7, 11) is 0. The van der Waals surface area contributed by atoms with Crippen molar-refractivity contribution in [1.82, 2.24) is 5.32 Å². The minimum Gasteiger partial charge on any atom is -0.490 e. The summed E-state index contributed by atoms with van der Waals surface area (Å²) in [5.41, 5.74) is 2.01. The first-order valence-electron chi connectivity index (χ1n) is 11.1. The minimum absolute atomic E-state index is 0.00816. The first-order valence-corrected chi connectivity index (χ1v) is 11.1. The summed E-state index contributed by atoms with van der Waals surface area (Å²) in [4.78, 5) is 12.5. The molecule has 2 rings (SSSR count). The minimum atomic E-state index is -0.137. The Labute approximate surface area is 185 Å². The van der Waals surface area contributed by atoms with Crippen LogP contribution in [0.1, 0.15) is 58.2 Å². The largest absolute Gasteiger partial charge is 0.490 e. The molecule has 0 aliphatic heterocycles. The lowest BCUT2D eigenvalue weighted by Gasteiger charge is -2.18. The maximum atomic E-state index is 12.5. The molecule has 0 radical (unpaired) electrons. The van der Waals surface area contributed by atoms with Crippen LogP contribution in [-0.2, 0) is 11.2 Å². The zero-order valence-electron chi connectivity index (χ0n) is 19.3. The average molecular weight is 430 g/mol. The number of aryl methyl sites for hydroxylation is 1. The second kappa shape index (κ2) is 12.7. The quantitative estimate of drug-likeness (QED) is 0.480. The summed E-state index contributed by atoms with van der Waals surface area (Å²) in [6, 6.07) is 11.5. The summed E-state index contributed by atoms with van der Waals surface area (Å²) < 4.78 is 22.6. The van der Waals surface area contributed by atoms with E-state index in [0.29, 0.717) is 56.5 Å². The van der Waals surface area contributed by atoms with Crippen molar-refractivity contribution >= 4 is 5.91 Å². The molecule has 0 aliphatic rings. The van der Waals surface area contributed by atoms with Gasteiger partial charge in [-0.15, -0.1) is 0 Å². The third kappa shape index (κ3) is 7.39. The molecule has 0 aromatic heterocycles. The molecule has 0 saturated heterocycles. The summed E-state index contributed by atoms with van der Waals surface area (Å²) >= 11 is 0. The fourth-order valence-corrected chi connectivity index (χ4v) is 3.24. The van der Waals surface area contributed by atoms with Gasteiger partial charge >= 0.3 is 0 Å². The first-order chi connectivity index (χ1) is 15.0. The van der Waals surface area contributed by atoms with Gasteiger partial charge in [0.15, 0.2) is 23.0 Å². The molecule has 1 atom stereocenters. The summed E-state index contributed by atoms with van der Waals surface area (Å²) in [5.74, 6) is 2.85. The Balaban J connectivity index is 1.98. The van der Waals surface area contributed by atoms with Crippen LogP contribution in [0.4, 0.5) is 0 Å². The van der Waals surface area contributed by atoms with Gasteiger partial charge in [0.1, 0.15) is 0 Å². The molecule has 0 bridgehead atoms. The molecule has 0 spiro atoms. The van der Waals surface area contributed by atoms with Gasteiger partial charge in [-0.3, -0.25) is 4.79 Å². The van der Waals surface area contributed by atoms with Crippen molar-refractivity contribution in [3.63, 3.8) is 0 Å². The van der Waals surface area contributed by atoms with Gasteiger partial charge in [-0.05, 0) is 76.4 Å². The van der Waals surface area contributed by atoms with E-state index < -0.39 is 0 Å². The van der Waals surface area contributed by atoms with Crippen LogP contribution in [-0.4, -0.2) is 32.3 Å². The highest BCUT2D eigenvalue weighted by atomic mass is 16.5. The van der Waals surface area contributed by atoms with Crippen LogP contribution in [0.5, 0.6) is 23.0 Å². The fraction of sp³-hybridized carbons (Fsp3) is 0.480. The number of rotatable bonds is 13. The number of hydrogen-bond donors (Lipinski definition) is 1. The Hall–Kier alpha value is -2.89. The van der Waals surface area contributed by atoms with Crippen LogP contribution < -0.4 is 24.3 Å². The van der Waals surface area contributed by atoms with Gasteiger partial charge < -0.3 is 24.3 Å². The number of ether oxygens (including phenoxy) is 4. The van der Waals surface area contributed by atoms with Crippen molar-refractivity contribution in [3.05, 3.63) is 47.5 Å². The predicted octanol–water partition coefficient (Wildman–Crippen LogP) is 5.09. The van der Waals surface area contributed by atoms with E-state index in [1.54, 1.807) is 0 Å². The normalized spacial score (nSPS) is 11.5. The molecule has 170 valence electrons. The third-order valence-electron chi connectivity index (χ3n) is 4.69. The van der Waals surface area contributed by atoms with E-state index in [0.717, 1.165) is 16.9 Å². The van der Waals surface area contributed by atoms with Crippen molar-refractivity contribution < 1.29 is 23.7 Å². The molecule has 1 amide bonds. The molecule has 0 heterocycles. The topological polar surface area (TPSA) is 66.0 Å². The SMILES string of the molecule is CCOc1ccc(CCC(=O)NC(C)c2ccc(OCC)c(OCC)c2)cc1OCC. The van der Waals surface area contributed by atoms with Crippen LogP contribution >= 0.6 is 0 Å². The highest BCUT2D eigenvalue weighted by Gasteiger charge is 2.14. The zero-order valence-corrected chi connectivity index (χ0v) is 19.3. The molecule has 0 saturated carbocycles. The number of benzene rings is 2. The van der Waals surface area contributed by atoms with E-state index in [-0.39, 0.29) is 11.9 Å². The van der Waals surface area contributed by atoms with Gasteiger partial charge in [0.05, 0.1) is 32.5 Å². The van der Waals surface area contributed by atoms with Crippen LogP contribution in [0.15, 0.2) is 36.4 Å². The Morgan fingerprint density at radius 3 is 1.87 bits per heavy atom. The molecule has 0 aliphatic carbocycles. The molecule has 2 aromatic rings. The number of amides is 1. The molecule has 0 fully saturated rings. The Bertz CT molecular complexity index is 837. The van der Waals surface area contributed by atoms with Gasteiger partial charge in [-0.25, -0.2) is 0 Å². The smallest absolute Gasteiger partial charge is 0.220 e. The van der Waals surface area contributed by atoms with E-state index >= 15 is 0 Å². The molecular formula is C25H35NO5. The number of carbonyl (C=O) groups is 1. The van der Waals surface area contributed by atoms with Crippen molar-refractivity contribution in [2.75, 3.05) is 26.4 Å². The zero-order chi connectivity index (χ0) is 22.6. The molecule has 2 aromatic carbocycles. The lowest BCUT2D eigenvalue weighted by atomic mass is 10.1. The van der Waals surface area contributed by atoms with Crippen LogP contribution in [0.25, 0.3) is 0 Å². The number of hydrogen-bond acceptors (Lipinski definition) is 5. The number of nitrogens with one attached hydrogen (secondary N) is 1. The van der Waals surface area contributed by atoms with Gasteiger partial charge in [-0.1, -0.05) is 12.1 Å². The van der Waals surface area contributed by atoms with Crippen LogP contribution in [0.2, 0.25) is 0 Å². The highest BCUT2D eigenvalue weighted by Crippen LogP contribution is 2.31. The van der Waals surface area contributed by atoms with E-state index in [1.165, 1.54) is 0 Å². The van der Waals surface area contributed by atoms with Crippen molar-refractivity contribution in [3.8, 4) is 23.0 Å². The van der Waals surface area contributed by atoms with Gasteiger partial charge in [0.2, 0.25) is 5.91 Å². The van der Waals surface area contributed by atoms with E-state index in [4.69, 9.17) is 18.9 Å². The molecule has 31 heavy (non-hydrogen) atoms. The standard InChI is InChI=1S/C25H35NO5/c1-6-28-21-13-10-19(16-23(21)30-8-3)11-15-25(27)26-18(5)20-12-14-22(29-7-2)24(17-20)31-9-4/h10,12-14,16-18H,6-9,11,15H2,1-5H3,(H,26,27). The lowest BCUT2D eigenvalue weighted by Crippen LogP contribution is -2.26. The van der Waals surface area contributed by atoms with E-state index in [1.807, 2.05) is 71.0 Å².